The number of aromatic nitrogens is 3. The van der Waals surface area contributed by atoms with Gasteiger partial charge in [0.2, 0.25) is 10.6 Å². The van der Waals surface area contributed by atoms with Gasteiger partial charge < -0.3 is 9.64 Å². The van der Waals surface area contributed by atoms with Crippen LogP contribution < -0.4 is 15.1 Å². The number of benzene rings is 2. The molecule has 10 nitrogen and oxygen atoms in total. The molecule has 3 rings (SSSR count). The van der Waals surface area contributed by atoms with Crippen LogP contribution in [0.4, 0.5) is 22.7 Å². The normalized spacial score (nSPS) is 11.0. The monoisotopic (exact) mass is 463 g/mol. The average Bonchev–Trinajstić information content (AvgIpc) is 2.76. The Morgan fingerprint density at radius 1 is 0.935 bits per heavy atom. The third-order valence-electron chi connectivity index (χ3n) is 4.06. The summed E-state index contributed by atoms with van der Waals surface area (Å²) in [6.07, 6.45) is 0. The van der Waals surface area contributed by atoms with Crippen LogP contribution >= 0.6 is 23.2 Å². The second-order valence-electron chi connectivity index (χ2n) is 6.04. The molecule has 0 atom stereocenters. The summed E-state index contributed by atoms with van der Waals surface area (Å²) >= 11 is 11.5. The van der Waals surface area contributed by atoms with Crippen molar-refractivity contribution >= 4 is 46.0 Å². The van der Waals surface area contributed by atoms with Gasteiger partial charge in [-0.2, -0.15) is 25.2 Å². The van der Waals surface area contributed by atoms with Gasteiger partial charge in [-0.25, -0.2) is 10.7 Å². The van der Waals surface area contributed by atoms with Crippen molar-refractivity contribution in [1.29, 1.82) is 0 Å². The molecule has 1 aromatic heterocycles. The quantitative estimate of drug-likeness (QED) is 0.235. The summed E-state index contributed by atoms with van der Waals surface area (Å²) in [5.41, 5.74) is 5.29. The zero-order valence-corrected chi connectivity index (χ0v) is 18.0. The molecule has 0 amide bonds. The maximum Gasteiger partial charge on any atom is 0.322 e. The summed E-state index contributed by atoms with van der Waals surface area (Å²) in [4.78, 5) is 17.4. The second-order valence-corrected chi connectivity index (χ2v) is 6.72. The number of azo groups is 1. The van der Waals surface area contributed by atoms with Crippen molar-refractivity contribution in [2.45, 2.75) is 6.92 Å². The lowest BCUT2D eigenvalue weighted by Crippen LogP contribution is -2.28. The Morgan fingerprint density at radius 3 is 2.06 bits per heavy atom. The van der Waals surface area contributed by atoms with Crippen LogP contribution in [0.3, 0.4) is 0 Å². The van der Waals surface area contributed by atoms with E-state index in [4.69, 9.17) is 33.2 Å². The van der Waals surface area contributed by atoms with Gasteiger partial charge in [0, 0.05) is 12.2 Å². The molecule has 0 aliphatic heterocycles. The summed E-state index contributed by atoms with van der Waals surface area (Å²) in [5.74, 6) is 0. The van der Waals surface area contributed by atoms with Gasteiger partial charge in [0.15, 0.2) is 0 Å². The lowest BCUT2D eigenvalue weighted by molar-refractivity contribution is -0.215. The summed E-state index contributed by atoms with van der Waals surface area (Å²) in [6, 6.07) is 14.6. The minimum absolute atomic E-state index is 0.0149. The van der Waals surface area contributed by atoms with Crippen molar-refractivity contribution in [2.24, 2.45) is 10.2 Å². The van der Waals surface area contributed by atoms with E-state index in [2.05, 4.69) is 40.5 Å². The van der Waals surface area contributed by atoms with E-state index in [0.29, 0.717) is 30.2 Å². The highest BCUT2D eigenvalue weighted by atomic mass is 35.5. The molecule has 0 saturated heterocycles. The Kier molecular flexibility index (Phi) is 8.30. The van der Waals surface area contributed by atoms with Crippen LogP contribution in [0.2, 0.25) is 10.6 Å². The lowest BCUT2D eigenvalue weighted by Gasteiger charge is -2.22. The Balaban J connectivity index is 1.55. The number of nitrogens with one attached hydrogen (secondary N) is 1. The number of ether oxygens (including phenoxy) is 1. The van der Waals surface area contributed by atoms with Crippen LogP contribution in [0, 0.1) is 0 Å². The molecule has 1 heterocycles. The standard InChI is InChI=1S/C19H19Cl2N7O3/c1-2-28(11-12-30-19-23-17(20)22-18(21)24-19)16-9-7-14(8-10-16)26-25-13-3-5-15(6-4-13)27-31-29/h3-10,27,29H,2,11-12H2,1H3. The van der Waals surface area contributed by atoms with E-state index in [1.165, 1.54) is 0 Å². The van der Waals surface area contributed by atoms with Crippen LogP contribution in [-0.4, -0.2) is 39.9 Å². The molecular weight excluding hydrogens is 445 g/mol. The molecule has 162 valence electrons. The summed E-state index contributed by atoms with van der Waals surface area (Å²) in [6.45, 7) is 3.78. The first-order valence-electron chi connectivity index (χ1n) is 9.20. The molecule has 0 unspecified atom stereocenters. The van der Waals surface area contributed by atoms with E-state index in [1.807, 2.05) is 31.2 Å². The zero-order valence-electron chi connectivity index (χ0n) is 16.4. The number of anilines is 2. The molecule has 2 N–H and O–H groups in total. The number of likely N-dealkylation sites (N-methyl/N-ethyl adjacent to an activating group) is 1. The van der Waals surface area contributed by atoms with E-state index in [9.17, 15) is 0 Å². The Hall–Kier alpha value is -3.05. The topological polar surface area (TPSA) is 117 Å². The largest absolute Gasteiger partial charge is 0.461 e. The van der Waals surface area contributed by atoms with Crippen LogP contribution in [0.1, 0.15) is 6.92 Å². The summed E-state index contributed by atoms with van der Waals surface area (Å²) in [7, 11) is 0. The lowest BCUT2D eigenvalue weighted by atomic mass is 10.2. The Morgan fingerprint density at radius 2 is 1.52 bits per heavy atom. The number of hydrogen-bond donors (Lipinski definition) is 2. The smallest absolute Gasteiger partial charge is 0.322 e. The maximum atomic E-state index is 8.36. The molecule has 0 bridgehead atoms. The fourth-order valence-corrected chi connectivity index (χ4v) is 2.93. The Labute approximate surface area is 188 Å². The summed E-state index contributed by atoms with van der Waals surface area (Å²) < 4.78 is 5.52. The number of hydrogen-bond acceptors (Lipinski definition) is 10. The SMILES string of the molecule is CCN(CCOc1nc(Cl)nc(Cl)n1)c1ccc(N=Nc2ccc(NOO)cc2)cc1. The van der Waals surface area contributed by atoms with Crippen LogP contribution in [-0.2, 0) is 4.99 Å². The van der Waals surface area contributed by atoms with Gasteiger partial charge in [-0.1, -0.05) is 0 Å². The summed E-state index contributed by atoms with van der Waals surface area (Å²) in [5, 5.41) is 16.7. The van der Waals surface area contributed by atoms with Crippen molar-refractivity contribution in [1.82, 2.24) is 15.0 Å². The van der Waals surface area contributed by atoms with E-state index in [-0.39, 0.29) is 16.6 Å². The van der Waals surface area contributed by atoms with Gasteiger partial charge in [0.1, 0.15) is 6.61 Å². The van der Waals surface area contributed by atoms with Crippen LogP contribution in [0.15, 0.2) is 58.8 Å². The first-order valence-corrected chi connectivity index (χ1v) is 9.96. The fraction of sp³-hybridized carbons (Fsp3) is 0.211. The Bertz CT molecular complexity index is 984. The highest BCUT2D eigenvalue weighted by Gasteiger charge is 2.08. The zero-order chi connectivity index (χ0) is 22.1. The molecular formula is C19H19Cl2N7O3. The van der Waals surface area contributed by atoms with Crippen molar-refractivity contribution in [2.75, 3.05) is 30.1 Å². The maximum absolute atomic E-state index is 8.36. The molecule has 0 radical (unpaired) electrons. The molecule has 3 aromatic rings. The number of rotatable bonds is 10. The molecule has 12 heteroatoms. The minimum Gasteiger partial charge on any atom is -0.461 e. The van der Waals surface area contributed by atoms with Gasteiger partial charge in [0.05, 0.1) is 23.6 Å². The first-order chi connectivity index (χ1) is 15.1. The van der Waals surface area contributed by atoms with Gasteiger partial charge in [-0.15, -0.1) is 4.99 Å². The fourth-order valence-electron chi connectivity index (χ4n) is 2.58. The molecule has 0 saturated carbocycles. The van der Waals surface area contributed by atoms with Crippen LogP contribution in [0.5, 0.6) is 6.01 Å². The van der Waals surface area contributed by atoms with E-state index in [1.54, 1.807) is 24.3 Å². The second kappa shape index (κ2) is 11.4. The average molecular weight is 464 g/mol. The first kappa shape index (κ1) is 22.6. The van der Waals surface area contributed by atoms with Gasteiger partial charge in [-0.05, 0) is 78.7 Å². The van der Waals surface area contributed by atoms with E-state index < -0.39 is 0 Å². The molecule has 0 spiro atoms. The van der Waals surface area contributed by atoms with Crippen molar-refractivity contribution < 1.29 is 15.0 Å². The molecule has 31 heavy (non-hydrogen) atoms. The van der Waals surface area contributed by atoms with E-state index >= 15 is 0 Å². The molecule has 2 aromatic carbocycles. The van der Waals surface area contributed by atoms with Gasteiger partial charge >= 0.3 is 6.01 Å². The number of nitrogens with zero attached hydrogens (tertiary/aromatic N) is 6. The van der Waals surface area contributed by atoms with Gasteiger partial charge in [-0.3, -0.25) is 0 Å². The van der Waals surface area contributed by atoms with E-state index in [0.717, 1.165) is 12.2 Å². The predicted octanol–water partition coefficient (Wildman–Crippen LogP) is 5.32. The van der Waals surface area contributed by atoms with Crippen molar-refractivity contribution in [3.8, 4) is 6.01 Å². The minimum atomic E-state index is -0.0149. The molecule has 0 aliphatic rings. The molecule has 0 aliphatic carbocycles. The molecule has 0 fully saturated rings. The third-order valence-corrected chi connectivity index (χ3v) is 4.40. The van der Waals surface area contributed by atoms with Crippen molar-refractivity contribution in [3.63, 3.8) is 0 Å². The third kappa shape index (κ3) is 7.00. The van der Waals surface area contributed by atoms with Crippen LogP contribution in [0.25, 0.3) is 0 Å². The number of halogens is 2. The predicted molar refractivity (Wildman–Crippen MR) is 118 cm³/mol. The van der Waals surface area contributed by atoms with Gasteiger partial charge in [0.25, 0.3) is 0 Å². The van der Waals surface area contributed by atoms with Crippen molar-refractivity contribution in [3.05, 3.63) is 59.1 Å². The highest BCUT2D eigenvalue weighted by molar-refractivity contribution is 6.31. The highest BCUT2D eigenvalue weighted by Crippen LogP contribution is 2.23.